The molecule has 1 rings (SSSR count). The molecule has 0 aliphatic rings. The molecule has 0 aromatic heterocycles. The van der Waals surface area contributed by atoms with Crippen LogP contribution >= 0.6 is 0 Å². The Kier molecular flexibility index (Phi) is 5.69. The molecule has 0 aliphatic carbocycles. The van der Waals surface area contributed by atoms with Crippen molar-refractivity contribution in [3.8, 4) is 0 Å². The summed E-state index contributed by atoms with van der Waals surface area (Å²) in [4.78, 5) is 0. The summed E-state index contributed by atoms with van der Waals surface area (Å²) in [5.41, 5.74) is 0.732. The molecule has 1 aromatic rings. The Morgan fingerprint density at radius 1 is 1.09 bits per heavy atom. The minimum Gasteiger partial charge on any atom is -0.391 e. The van der Waals surface area contributed by atoms with Gasteiger partial charge < -0.3 is 10.8 Å². The lowest BCUT2D eigenvalue weighted by Crippen LogP contribution is -2.34. The highest BCUT2D eigenvalue weighted by atomic mass is 19.4. The van der Waals surface area contributed by atoms with Crippen molar-refractivity contribution in [1.29, 1.82) is 0 Å². The number of nitrogens with two attached hydrogens (primary N) is 1. The first kappa shape index (κ1) is 19.7. The minimum absolute atomic E-state index is 0.0479. The van der Waals surface area contributed by atoms with Crippen LogP contribution in [0.2, 0.25) is 0 Å². The van der Waals surface area contributed by atoms with E-state index in [4.69, 9.17) is 5.73 Å². The molecule has 132 valence electrons. The predicted octanol–water partition coefficient (Wildman–Crippen LogP) is 4.27. The number of hydrogen-bond donors (Lipinski definition) is 2. The molecule has 0 spiro atoms. The van der Waals surface area contributed by atoms with Crippen molar-refractivity contribution < 1.29 is 35.8 Å². The van der Waals surface area contributed by atoms with Crippen LogP contribution in [0.1, 0.15) is 43.0 Å². The number of rotatable bonds is 4. The highest BCUT2D eigenvalue weighted by Gasteiger charge is 2.42. The SMILES string of the molecule is CCC(C)[C@@H](O)[C@@H](N)c1c(F)cc(C(F)(F)F)cc1C(F)(F)F. The maximum atomic E-state index is 14.0. The Morgan fingerprint density at radius 3 is 2.00 bits per heavy atom. The molecule has 23 heavy (non-hydrogen) atoms. The van der Waals surface area contributed by atoms with E-state index in [1.54, 1.807) is 6.92 Å². The Morgan fingerprint density at radius 2 is 1.61 bits per heavy atom. The molecule has 0 heterocycles. The van der Waals surface area contributed by atoms with Crippen LogP contribution in [0.15, 0.2) is 12.1 Å². The van der Waals surface area contributed by atoms with Crippen molar-refractivity contribution in [2.24, 2.45) is 11.7 Å². The summed E-state index contributed by atoms with van der Waals surface area (Å²) >= 11 is 0. The van der Waals surface area contributed by atoms with Gasteiger partial charge in [0.15, 0.2) is 0 Å². The van der Waals surface area contributed by atoms with Crippen molar-refractivity contribution in [2.75, 3.05) is 0 Å². The van der Waals surface area contributed by atoms with Gasteiger partial charge in [0.1, 0.15) is 5.82 Å². The van der Waals surface area contributed by atoms with Gasteiger partial charge in [0.05, 0.1) is 23.3 Å². The van der Waals surface area contributed by atoms with Gasteiger partial charge in [-0.3, -0.25) is 0 Å². The molecule has 0 bridgehead atoms. The van der Waals surface area contributed by atoms with Crippen LogP contribution in [0, 0.1) is 11.7 Å². The van der Waals surface area contributed by atoms with Crippen molar-refractivity contribution in [3.63, 3.8) is 0 Å². The van der Waals surface area contributed by atoms with Gasteiger partial charge in [0, 0.05) is 5.56 Å². The lowest BCUT2D eigenvalue weighted by atomic mass is 9.88. The molecule has 9 heteroatoms. The first-order valence-electron chi connectivity index (χ1n) is 6.72. The molecule has 0 saturated heterocycles. The Bertz CT molecular complexity index is 553. The van der Waals surface area contributed by atoms with Crippen molar-refractivity contribution in [3.05, 3.63) is 34.6 Å². The zero-order valence-electron chi connectivity index (χ0n) is 12.3. The highest BCUT2D eigenvalue weighted by molar-refractivity contribution is 5.39. The summed E-state index contributed by atoms with van der Waals surface area (Å²) in [6, 6.07) is -2.04. The van der Waals surface area contributed by atoms with E-state index >= 15 is 0 Å². The molecule has 3 N–H and O–H groups in total. The second-order valence-electron chi connectivity index (χ2n) is 5.32. The molecular weight excluding hydrogens is 331 g/mol. The third-order valence-corrected chi connectivity index (χ3v) is 3.69. The lowest BCUT2D eigenvalue weighted by molar-refractivity contribution is -0.144. The largest absolute Gasteiger partial charge is 0.416 e. The maximum absolute atomic E-state index is 14.0. The number of alkyl halides is 6. The first-order valence-corrected chi connectivity index (χ1v) is 6.72. The second kappa shape index (κ2) is 6.64. The number of hydrogen-bond acceptors (Lipinski definition) is 2. The molecule has 1 unspecified atom stereocenters. The summed E-state index contributed by atoms with van der Waals surface area (Å²) in [6.45, 7) is 3.12. The predicted molar refractivity (Wildman–Crippen MR) is 68.8 cm³/mol. The number of aliphatic hydroxyl groups is 1. The summed E-state index contributed by atoms with van der Waals surface area (Å²) < 4.78 is 90.8. The summed E-state index contributed by atoms with van der Waals surface area (Å²) in [5.74, 6) is -2.31. The van der Waals surface area contributed by atoms with Crippen LogP contribution in [-0.2, 0) is 12.4 Å². The normalized spacial score (nSPS) is 17.0. The third-order valence-electron chi connectivity index (χ3n) is 3.69. The molecule has 0 radical (unpaired) electrons. The van der Waals surface area contributed by atoms with Gasteiger partial charge in [-0.1, -0.05) is 20.3 Å². The van der Waals surface area contributed by atoms with Gasteiger partial charge in [-0.25, -0.2) is 4.39 Å². The molecule has 3 atom stereocenters. The van der Waals surface area contributed by atoms with Crippen LogP contribution in [0.25, 0.3) is 0 Å². The van der Waals surface area contributed by atoms with Crippen LogP contribution < -0.4 is 5.73 Å². The Hall–Kier alpha value is -1.35. The van der Waals surface area contributed by atoms with E-state index in [2.05, 4.69) is 0 Å². The topological polar surface area (TPSA) is 46.2 Å². The fourth-order valence-electron chi connectivity index (χ4n) is 2.12. The summed E-state index contributed by atoms with van der Waals surface area (Å²) in [5, 5.41) is 9.90. The van der Waals surface area contributed by atoms with E-state index in [0.717, 1.165) is 0 Å². The first-order chi connectivity index (χ1) is 10.3. The zero-order valence-corrected chi connectivity index (χ0v) is 12.3. The van der Waals surface area contributed by atoms with Crippen LogP contribution in [0.4, 0.5) is 30.7 Å². The van der Waals surface area contributed by atoms with Crippen LogP contribution in [0.5, 0.6) is 0 Å². The van der Waals surface area contributed by atoms with Gasteiger partial charge in [-0.15, -0.1) is 0 Å². The lowest BCUT2D eigenvalue weighted by Gasteiger charge is -2.27. The van der Waals surface area contributed by atoms with E-state index in [9.17, 15) is 35.8 Å². The van der Waals surface area contributed by atoms with E-state index in [1.807, 2.05) is 0 Å². The Balaban J connectivity index is 3.53. The van der Waals surface area contributed by atoms with Crippen molar-refractivity contribution in [1.82, 2.24) is 0 Å². The molecular formula is C14H16F7NO. The van der Waals surface area contributed by atoms with Crippen LogP contribution in [-0.4, -0.2) is 11.2 Å². The van der Waals surface area contributed by atoms with Gasteiger partial charge in [-0.2, -0.15) is 26.3 Å². The molecule has 2 nitrogen and oxygen atoms in total. The average Bonchev–Trinajstić information content (AvgIpc) is 2.42. The fraction of sp³-hybridized carbons (Fsp3) is 0.571. The molecule has 0 aliphatic heterocycles. The van der Waals surface area contributed by atoms with E-state index in [0.29, 0.717) is 6.42 Å². The smallest absolute Gasteiger partial charge is 0.391 e. The number of benzene rings is 1. The maximum Gasteiger partial charge on any atom is 0.416 e. The summed E-state index contributed by atoms with van der Waals surface area (Å²) in [6.07, 6.45) is -11.6. The standard InChI is InChI=1S/C14H16F7NO/c1-3-6(2)12(23)11(22)10-8(14(19,20)21)4-7(5-9(10)15)13(16,17)18/h4-6,11-12,23H,3,22H2,1-2H3/t6?,11-,12+/m0/s1. The quantitative estimate of drug-likeness (QED) is 0.799. The van der Waals surface area contributed by atoms with Crippen LogP contribution in [0.3, 0.4) is 0 Å². The Labute approximate surface area is 128 Å². The number of halogens is 7. The zero-order chi connectivity index (χ0) is 18.2. The highest BCUT2D eigenvalue weighted by Crippen LogP contribution is 2.41. The number of aliphatic hydroxyl groups excluding tert-OH is 1. The van der Waals surface area contributed by atoms with E-state index in [-0.39, 0.29) is 12.1 Å². The van der Waals surface area contributed by atoms with Gasteiger partial charge in [0.2, 0.25) is 0 Å². The molecule has 0 amide bonds. The van der Waals surface area contributed by atoms with Gasteiger partial charge in [-0.05, 0) is 18.1 Å². The third kappa shape index (κ3) is 4.35. The average molecular weight is 347 g/mol. The van der Waals surface area contributed by atoms with Crippen molar-refractivity contribution >= 4 is 0 Å². The second-order valence-corrected chi connectivity index (χ2v) is 5.32. The van der Waals surface area contributed by atoms with Gasteiger partial charge in [0.25, 0.3) is 0 Å². The van der Waals surface area contributed by atoms with E-state index < -0.39 is 52.9 Å². The molecule has 0 fully saturated rings. The van der Waals surface area contributed by atoms with Gasteiger partial charge >= 0.3 is 12.4 Å². The minimum atomic E-state index is -5.25. The molecule has 1 aromatic carbocycles. The fourth-order valence-corrected chi connectivity index (χ4v) is 2.12. The monoisotopic (exact) mass is 347 g/mol. The van der Waals surface area contributed by atoms with Crippen molar-refractivity contribution in [2.45, 2.75) is 44.8 Å². The van der Waals surface area contributed by atoms with E-state index in [1.165, 1.54) is 6.92 Å². The molecule has 0 saturated carbocycles. The summed E-state index contributed by atoms with van der Waals surface area (Å²) in [7, 11) is 0.